The van der Waals surface area contributed by atoms with Gasteiger partial charge in [0.05, 0.1) is 6.54 Å². The van der Waals surface area contributed by atoms with Gasteiger partial charge in [0.2, 0.25) is 5.91 Å². The lowest BCUT2D eigenvalue weighted by molar-refractivity contribution is -0.167. The van der Waals surface area contributed by atoms with Gasteiger partial charge in [0, 0.05) is 12.5 Å². The fraction of sp³-hybridized carbons (Fsp3) is 0.444. The highest BCUT2D eigenvalue weighted by molar-refractivity contribution is 5.87. The molecule has 3 atom stereocenters. The van der Waals surface area contributed by atoms with Crippen molar-refractivity contribution in [3.63, 3.8) is 0 Å². The second kappa shape index (κ2) is 10.1. The lowest BCUT2D eigenvalue weighted by Gasteiger charge is -2.38. The summed E-state index contributed by atoms with van der Waals surface area (Å²) < 4.78 is 5.62. The molecule has 1 aliphatic carbocycles. The van der Waals surface area contributed by atoms with Crippen LogP contribution in [0.2, 0.25) is 0 Å². The number of carboxylic acid groups (broad SMARTS) is 1. The maximum absolute atomic E-state index is 13.3. The van der Waals surface area contributed by atoms with Gasteiger partial charge in [-0.3, -0.25) is 4.79 Å². The van der Waals surface area contributed by atoms with Gasteiger partial charge in [-0.15, -0.1) is 0 Å². The summed E-state index contributed by atoms with van der Waals surface area (Å²) in [6, 6.07) is 15.2. The Morgan fingerprint density at radius 1 is 1.11 bits per heavy atom. The summed E-state index contributed by atoms with van der Waals surface area (Å²) >= 11 is 0. The number of aliphatic carboxylic acids is 1. The molecule has 1 saturated heterocycles. The second-order valence-electron chi connectivity index (χ2n) is 9.53. The van der Waals surface area contributed by atoms with Crippen molar-refractivity contribution in [2.75, 3.05) is 19.7 Å². The Kier molecular flexibility index (Phi) is 7.12. The minimum atomic E-state index is -1.97. The number of amides is 2. The quantitative estimate of drug-likeness (QED) is 0.560. The van der Waals surface area contributed by atoms with Gasteiger partial charge in [0.25, 0.3) is 0 Å². The maximum Gasteiger partial charge on any atom is 0.407 e. The summed E-state index contributed by atoms with van der Waals surface area (Å²) in [6.45, 7) is 3.91. The minimum absolute atomic E-state index is 0.0833. The van der Waals surface area contributed by atoms with Gasteiger partial charge in [-0.1, -0.05) is 68.8 Å². The topological polar surface area (TPSA) is 116 Å². The van der Waals surface area contributed by atoms with Crippen molar-refractivity contribution in [2.45, 2.75) is 50.7 Å². The Bertz CT molecular complexity index is 1070. The predicted molar refractivity (Wildman–Crippen MR) is 130 cm³/mol. The van der Waals surface area contributed by atoms with E-state index >= 15 is 0 Å². The number of aliphatic hydroxyl groups is 1. The molecule has 2 aromatic carbocycles. The van der Waals surface area contributed by atoms with Crippen LogP contribution < -0.4 is 5.32 Å². The van der Waals surface area contributed by atoms with Crippen LogP contribution in [0.15, 0.2) is 48.5 Å². The average molecular weight is 481 g/mol. The molecule has 35 heavy (non-hydrogen) atoms. The average Bonchev–Trinajstić information content (AvgIpc) is 3.19. The zero-order chi connectivity index (χ0) is 25.2. The van der Waals surface area contributed by atoms with Crippen molar-refractivity contribution >= 4 is 18.0 Å². The van der Waals surface area contributed by atoms with Crippen molar-refractivity contribution < 1.29 is 29.3 Å². The van der Waals surface area contributed by atoms with Gasteiger partial charge >= 0.3 is 12.1 Å². The van der Waals surface area contributed by atoms with Crippen LogP contribution in [0.1, 0.15) is 50.2 Å². The monoisotopic (exact) mass is 480 g/mol. The van der Waals surface area contributed by atoms with Crippen LogP contribution in [0, 0.1) is 5.92 Å². The number of rotatable bonds is 7. The Balaban J connectivity index is 1.44. The van der Waals surface area contributed by atoms with Gasteiger partial charge in [-0.25, -0.2) is 9.59 Å². The number of hydrogen-bond acceptors (Lipinski definition) is 5. The largest absolute Gasteiger partial charge is 0.479 e. The van der Waals surface area contributed by atoms with E-state index in [0.717, 1.165) is 22.3 Å². The molecular weight excluding hydrogens is 448 g/mol. The van der Waals surface area contributed by atoms with Crippen LogP contribution >= 0.6 is 0 Å². The van der Waals surface area contributed by atoms with E-state index in [1.165, 1.54) is 4.90 Å². The standard InChI is InChI=1S/C27H32N2O6/c1-3-17(2)23(24(30)29-14-8-13-27(34,16-29)25(31)32)28-26(33)35-15-22-20-11-6-4-9-18(20)19-10-5-7-12-21(19)22/h4-7,9-12,17,22-23,34H,3,8,13-16H2,1-2H3,(H,28,33)(H,31,32). The number of carbonyl (C=O) groups excluding carboxylic acids is 2. The molecule has 0 aromatic heterocycles. The fourth-order valence-electron chi connectivity index (χ4n) is 5.05. The SMILES string of the molecule is CCC(C)C(NC(=O)OCC1c2ccccc2-c2ccccc21)C(=O)N1CCCC(O)(C(=O)O)C1. The van der Waals surface area contributed by atoms with Crippen molar-refractivity contribution in [3.8, 4) is 11.1 Å². The number of fused-ring (bicyclic) bond motifs is 3. The predicted octanol–water partition coefficient (Wildman–Crippen LogP) is 3.38. The van der Waals surface area contributed by atoms with E-state index in [1.54, 1.807) is 0 Å². The highest BCUT2D eigenvalue weighted by atomic mass is 16.5. The number of ether oxygens (including phenoxy) is 1. The van der Waals surface area contributed by atoms with Gasteiger partial charge in [-0.05, 0) is 41.0 Å². The minimum Gasteiger partial charge on any atom is -0.479 e. The molecule has 2 aliphatic rings. The summed E-state index contributed by atoms with van der Waals surface area (Å²) in [6.07, 6.45) is 0.375. The smallest absolute Gasteiger partial charge is 0.407 e. The molecule has 8 nitrogen and oxygen atoms in total. The molecule has 8 heteroatoms. The van der Waals surface area contributed by atoms with Crippen LogP contribution in [0.3, 0.4) is 0 Å². The van der Waals surface area contributed by atoms with Crippen LogP contribution in [0.5, 0.6) is 0 Å². The Morgan fingerprint density at radius 2 is 1.71 bits per heavy atom. The van der Waals surface area contributed by atoms with Crippen LogP contribution in [-0.4, -0.2) is 64.4 Å². The molecule has 0 bridgehead atoms. The first-order valence-corrected chi connectivity index (χ1v) is 12.1. The third-order valence-corrected chi connectivity index (χ3v) is 7.28. The third-order valence-electron chi connectivity index (χ3n) is 7.28. The molecule has 2 amide bonds. The van der Waals surface area contributed by atoms with Crippen molar-refractivity contribution in [1.29, 1.82) is 0 Å². The summed E-state index contributed by atoms with van der Waals surface area (Å²) in [5, 5.41) is 22.5. The van der Waals surface area contributed by atoms with E-state index in [2.05, 4.69) is 17.4 Å². The molecule has 3 unspecified atom stereocenters. The lowest BCUT2D eigenvalue weighted by atomic mass is 9.91. The Hall–Kier alpha value is -3.39. The second-order valence-corrected chi connectivity index (χ2v) is 9.53. The molecule has 1 heterocycles. The van der Waals surface area contributed by atoms with E-state index in [0.29, 0.717) is 19.4 Å². The normalized spacial score (nSPS) is 20.9. The van der Waals surface area contributed by atoms with Crippen molar-refractivity contribution in [2.24, 2.45) is 5.92 Å². The molecule has 186 valence electrons. The van der Waals surface area contributed by atoms with Crippen molar-refractivity contribution in [3.05, 3.63) is 59.7 Å². The molecule has 0 saturated carbocycles. The zero-order valence-electron chi connectivity index (χ0n) is 20.1. The van der Waals surface area contributed by atoms with E-state index in [4.69, 9.17) is 4.74 Å². The summed E-state index contributed by atoms with van der Waals surface area (Å²) in [7, 11) is 0. The first-order valence-electron chi connectivity index (χ1n) is 12.1. The number of alkyl carbamates (subject to hydrolysis) is 1. The first-order chi connectivity index (χ1) is 16.7. The number of likely N-dealkylation sites (tertiary alicyclic amines) is 1. The Labute approximate surface area is 204 Å². The number of piperidine rings is 1. The number of β-amino-alcohol motifs (C(OH)–C–C–N with tert-alkyl or cyclic N) is 1. The molecule has 0 spiro atoms. The molecule has 4 rings (SSSR count). The number of carbonyl (C=O) groups is 3. The van der Waals surface area contributed by atoms with Crippen LogP contribution in [0.4, 0.5) is 4.79 Å². The van der Waals surface area contributed by atoms with E-state index in [9.17, 15) is 24.6 Å². The summed E-state index contributed by atoms with van der Waals surface area (Å²) in [4.78, 5) is 38.9. The fourth-order valence-corrected chi connectivity index (χ4v) is 5.05. The number of hydrogen-bond donors (Lipinski definition) is 3. The maximum atomic E-state index is 13.3. The van der Waals surface area contributed by atoms with Crippen LogP contribution in [-0.2, 0) is 14.3 Å². The molecule has 1 fully saturated rings. The van der Waals surface area contributed by atoms with Gasteiger partial charge in [-0.2, -0.15) is 0 Å². The van der Waals surface area contributed by atoms with E-state index in [-0.39, 0.29) is 31.4 Å². The lowest BCUT2D eigenvalue weighted by Crippen LogP contribution is -2.59. The van der Waals surface area contributed by atoms with E-state index < -0.39 is 29.6 Å². The summed E-state index contributed by atoms with van der Waals surface area (Å²) in [5.74, 6) is -2.06. The summed E-state index contributed by atoms with van der Waals surface area (Å²) in [5.41, 5.74) is 2.47. The number of nitrogens with one attached hydrogen (secondary N) is 1. The molecule has 1 aliphatic heterocycles. The molecule has 0 radical (unpaired) electrons. The van der Waals surface area contributed by atoms with Crippen molar-refractivity contribution in [1.82, 2.24) is 10.2 Å². The number of carboxylic acids is 1. The Morgan fingerprint density at radius 3 is 2.29 bits per heavy atom. The van der Waals surface area contributed by atoms with Crippen LogP contribution in [0.25, 0.3) is 11.1 Å². The number of benzene rings is 2. The first kappa shape index (κ1) is 24.7. The van der Waals surface area contributed by atoms with E-state index in [1.807, 2.05) is 50.2 Å². The zero-order valence-corrected chi connectivity index (χ0v) is 20.1. The van der Waals surface area contributed by atoms with Gasteiger partial charge in [0.15, 0.2) is 5.60 Å². The van der Waals surface area contributed by atoms with Gasteiger partial charge in [0.1, 0.15) is 12.6 Å². The molecular formula is C27H32N2O6. The molecule has 3 N–H and O–H groups in total. The highest BCUT2D eigenvalue weighted by Gasteiger charge is 2.43. The number of nitrogens with zero attached hydrogens (tertiary/aromatic N) is 1. The van der Waals surface area contributed by atoms with Gasteiger partial charge < -0.3 is 25.2 Å². The molecule has 2 aromatic rings. The third kappa shape index (κ3) is 4.89. The highest BCUT2D eigenvalue weighted by Crippen LogP contribution is 2.44.